The maximum atomic E-state index is 12.5. The predicted molar refractivity (Wildman–Crippen MR) is 77.5 cm³/mol. The lowest BCUT2D eigenvalue weighted by Gasteiger charge is -2.32. The minimum atomic E-state index is -0.247. The van der Waals surface area contributed by atoms with Crippen LogP contribution < -0.4 is 0 Å². The van der Waals surface area contributed by atoms with Crippen molar-refractivity contribution >= 4 is 5.91 Å². The van der Waals surface area contributed by atoms with Gasteiger partial charge in [-0.3, -0.25) is 4.79 Å². The van der Waals surface area contributed by atoms with Crippen LogP contribution in [0.3, 0.4) is 0 Å². The van der Waals surface area contributed by atoms with E-state index in [0.29, 0.717) is 6.54 Å². The van der Waals surface area contributed by atoms with Crippen molar-refractivity contribution in [2.45, 2.75) is 38.5 Å². The van der Waals surface area contributed by atoms with Crippen LogP contribution >= 0.6 is 0 Å². The van der Waals surface area contributed by atoms with Gasteiger partial charge in [-0.05, 0) is 31.9 Å². The zero-order chi connectivity index (χ0) is 14.8. The molecule has 0 saturated carbocycles. The highest BCUT2D eigenvalue weighted by Gasteiger charge is 2.41. The summed E-state index contributed by atoms with van der Waals surface area (Å²) in [6, 6.07) is 7.86. The Kier molecular flexibility index (Phi) is 4.45. The third-order valence-corrected chi connectivity index (χ3v) is 4.08. The Labute approximate surface area is 120 Å². The van der Waals surface area contributed by atoms with Crippen molar-refractivity contribution in [2.24, 2.45) is 0 Å². The molecule has 2 rings (SSSR count). The molecule has 4 nitrogen and oxygen atoms in total. The van der Waals surface area contributed by atoms with Gasteiger partial charge in [0.1, 0.15) is 0 Å². The molecule has 0 aliphatic carbocycles. The first-order valence-electron chi connectivity index (χ1n) is 6.99. The molecular formula is C16H23NO3. The molecule has 0 aromatic heterocycles. The minimum Gasteiger partial charge on any atom is -0.356 e. The van der Waals surface area contributed by atoms with Gasteiger partial charge < -0.3 is 14.4 Å². The summed E-state index contributed by atoms with van der Waals surface area (Å²) in [5.41, 5.74) is 1.69. The van der Waals surface area contributed by atoms with Crippen molar-refractivity contribution in [2.75, 3.05) is 20.8 Å². The fourth-order valence-electron chi connectivity index (χ4n) is 2.88. The first-order chi connectivity index (χ1) is 9.52. The number of fused-ring (bicyclic) bond motifs is 1. The topological polar surface area (TPSA) is 38.8 Å². The van der Waals surface area contributed by atoms with E-state index < -0.39 is 0 Å². The predicted octanol–water partition coefficient (Wildman–Crippen LogP) is 2.78. The number of hydrogen-bond donors (Lipinski definition) is 0. The van der Waals surface area contributed by atoms with Crippen LogP contribution in [0.4, 0.5) is 0 Å². The van der Waals surface area contributed by atoms with E-state index in [2.05, 4.69) is 13.8 Å². The van der Waals surface area contributed by atoms with Gasteiger partial charge in [0.25, 0.3) is 5.91 Å². The number of rotatable bonds is 6. The molecule has 1 aromatic carbocycles. The SMILES string of the molecule is COC(CCCN1C(=O)c2ccccc2C1(C)C)OC. The fraction of sp³-hybridized carbons (Fsp3) is 0.562. The van der Waals surface area contributed by atoms with E-state index in [4.69, 9.17) is 9.47 Å². The normalized spacial score (nSPS) is 16.9. The third-order valence-electron chi connectivity index (χ3n) is 4.08. The molecule has 1 aromatic rings. The van der Waals surface area contributed by atoms with Gasteiger partial charge in [0.2, 0.25) is 0 Å². The second kappa shape index (κ2) is 5.94. The van der Waals surface area contributed by atoms with Gasteiger partial charge in [-0.15, -0.1) is 0 Å². The molecule has 0 unspecified atom stereocenters. The van der Waals surface area contributed by atoms with Crippen molar-refractivity contribution in [3.63, 3.8) is 0 Å². The number of methoxy groups -OCH3 is 2. The quantitative estimate of drug-likeness (QED) is 0.751. The molecular weight excluding hydrogens is 254 g/mol. The molecule has 1 amide bonds. The monoisotopic (exact) mass is 277 g/mol. The van der Waals surface area contributed by atoms with E-state index in [0.717, 1.165) is 24.0 Å². The summed E-state index contributed by atoms with van der Waals surface area (Å²) < 4.78 is 10.4. The molecule has 0 N–H and O–H groups in total. The molecule has 110 valence electrons. The second-order valence-electron chi connectivity index (χ2n) is 5.60. The maximum absolute atomic E-state index is 12.5. The number of amides is 1. The summed E-state index contributed by atoms with van der Waals surface area (Å²) >= 11 is 0. The van der Waals surface area contributed by atoms with Crippen LogP contribution in [-0.4, -0.2) is 37.9 Å². The number of nitrogens with zero attached hydrogens (tertiary/aromatic N) is 1. The van der Waals surface area contributed by atoms with Crippen molar-refractivity contribution < 1.29 is 14.3 Å². The molecule has 0 radical (unpaired) electrons. The standard InChI is InChI=1S/C16H23NO3/c1-16(2)13-9-6-5-8-12(13)15(18)17(16)11-7-10-14(19-3)20-4/h5-6,8-9,14H,7,10-11H2,1-4H3. The third kappa shape index (κ3) is 2.58. The summed E-state index contributed by atoms with van der Waals surface area (Å²) in [5, 5.41) is 0. The number of benzene rings is 1. The molecule has 0 atom stereocenters. The summed E-state index contributed by atoms with van der Waals surface area (Å²) in [5.74, 6) is 0.122. The van der Waals surface area contributed by atoms with Crippen molar-refractivity contribution in [3.05, 3.63) is 35.4 Å². The molecule has 20 heavy (non-hydrogen) atoms. The van der Waals surface area contributed by atoms with Crippen molar-refractivity contribution in [1.82, 2.24) is 4.90 Å². The molecule has 1 aliphatic heterocycles. The van der Waals surface area contributed by atoms with Crippen LogP contribution in [0.15, 0.2) is 24.3 Å². The van der Waals surface area contributed by atoms with E-state index >= 15 is 0 Å². The Morgan fingerprint density at radius 2 is 1.85 bits per heavy atom. The van der Waals surface area contributed by atoms with E-state index in [9.17, 15) is 4.79 Å². The van der Waals surface area contributed by atoms with Gasteiger partial charge in [0.05, 0.1) is 5.54 Å². The Bertz CT molecular complexity index is 480. The molecule has 1 aliphatic rings. The lowest BCUT2D eigenvalue weighted by Crippen LogP contribution is -2.40. The van der Waals surface area contributed by atoms with Gasteiger partial charge in [0, 0.05) is 32.7 Å². The van der Waals surface area contributed by atoms with Crippen molar-refractivity contribution in [3.8, 4) is 0 Å². The van der Waals surface area contributed by atoms with Crippen molar-refractivity contribution in [1.29, 1.82) is 0 Å². The number of carbonyl (C=O) groups is 1. The van der Waals surface area contributed by atoms with Gasteiger partial charge in [0.15, 0.2) is 6.29 Å². The highest BCUT2D eigenvalue weighted by atomic mass is 16.7. The van der Waals surface area contributed by atoms with E-state index in [-0.39, 0.29) is 17.7 Å². The zero-order valence-electron chi connectivity index (χ0n) is 12.7. The molecule has 0 fully saturated rings. The van der Waals surface area contributed by atoms with Crippen LogP contribution in [0.2, 0.25) is 0 Å². The van der Waals surface area contributed by atoms with E-state index in [1.54, 1.807) is 14.2 Å². The Hall–Kier alpha value is -1.39. The molecule has 0 bridgehead atoms. The minimum absolute atomic E-state index is 0.122. The maximum Gasteiger partial charge on any atom is 0.254 e. The van der Waals surface area contributed by atoms with Gasteiger partial charge in [-0.1, -0.05) is 18.2 Å². The highest BCUT2D eigenvalue weighted by molar-refractivity contribution is 5.99. The highest BCUT2D eigenvalue weighted by Crippen LogP contribution is 2.38. The fourth-order valence-corrected chi connectivity index (χ4v) is 2.88. The smallest absolute Gasteiger partial charge is 0.254 e. The Morgan fingerprint density at radius 1 is 1.20 bits per heavy atom. The zero-order valence-corrected chi connectivity index (χ0v) is 12.7. The summed E-state index contributed by atoms with van der Waals surface area (Å²) in [6.07, 6.45) is 1.44. The van der Waals surface area contributed by atoms with Gasteiger partial charge in [-0.25, -0.2) is 0 Å². The average Bonchev–Trinajstić information content (AvgIpc) is 2.64. The largest absolute Gasteiger partial charge is 0.356 e. The first-order valence-corrected chi connectivity index (χ1v) is 6.99. The summed E-state index contributed by atoms with van der Waals surface area (Å²) in [4.78, 5) is 14.4. The summed E-state index contributed by atoms with van der Waals surface area (Å²) in [7, 11) is 3.27. The van der Waals surface area contributed by atoms with Crippen LogP contribution in [0.25, 0.3) is 0 Å². The molecule has 1 heterocycles. The van der Waals surface area contributed by atoms with Crippen LogP contribution in [0, 0.1) is 0 Å². The van der Waals surface area contributed by atoms with Gasteiger partial charge >= 0.3 is 0 Å². The number of ether oxygens (including phenoxy) is 2. The summed E-state index contributed by atoms with van der Waals surface area (Å²) in [6.45, 7) is 4.91. The first kappa shape index (κ1) is 15.0. The molecule has 0 saturated heterocycles. The van der Waals surface area contributed by atoms with E-state index in [1.807, 2.05) is 29.2 Å². The second-order valence-corrected chi connectivity index (χ2v) is 5.60. The lowest BCUT2D eigenvalue weighted by molar-refractivity contribution is -0.107. The van der Waals surface area contributed by atoms with Crippen LogP contribution in [0.5, 0.6) is 0 Å². The molecule has 0 spiro atoms. The Morgan fingerprint density at radius 3 is 2.45 bits per heavy atom. The lowest BCUT2D eigenvalue weighted by atomic mass is 9.94. The van der Waals surface area contributed by atoms with Crippen LogP contribution in [-0.2, 0) is 15.0 Å². The van der Waals surface area contributed by atoms with Crippen LogP contribution in [0.1, 0.15) is 42.6 Å². The van der Waals surface area contributed by atoms with Gasteiger partial charge in [-0.2, -0.15) is 0 Å². The Balaban J connectivity index is 2.05. The number of carbonyl (C=O) groups excluding carboxylic acids is 1. The number of hydrogen-bond acceptors (Lipinski definition) is 3. The molecule has 4 heteroatoms. The average molecular weight is 277 g/mol. The van der Waals surface area contributed by atoms with E-state index in [1.165, 1.54) is 0 Å².